The first-order valence-electron chi connectivity index (χ1n) is 5.58. The Morgan fingerprint density at radius 1 is 1.47 bits per heavy atom. The van der Waals surface area contributed by atoms with Gasteiger partial charge in [-0.3, -0.25) is 14.9 Å². The summed E-state index contributed by atoms with van der Waals surface area (Å²) in [5, 5.41) is 10.7. The van der Waals surface area contributed by atoms with E-state index in [1.165, 1.54) is 18.2 Å². The van der Waals surface area contributed by atoms with Crippen LogP contribution in [-0.2, 0) is 0 Å². The van der Waals surface area contributed by atoms with Gasteiger partial charge in [0.25, 0.3) is 11.6 Å². The number of nitrogens with two attached hydrogens (primary N) is 2. The number of nitrogen functional groups attached to an aromatic ring is 1. The average Bonchev–Trinajstić information content (AvgIpc) is 2.75. The zero-order valence-electron chi connectivity index (χ0n) is 10.1. The highest BCUT2D eigenvalue weighted by Gasteiger charge is 2.26. The molecule has 1 aliphatic rings. The van der Waals surface area contributed by atoms with Crippen molar-refractivity contribution in [1.82, 2.24) is 4.90 Å². The summed E-state index contributed by atoms with van der Waals surface area (Å²) in [7, 11) is 0. The Balaban J connectivity index is 0.00000180. The zero-order valence-corrected chi connectivity index (χ0v) is 10.9. The molecule has 4 N–H and O–H groups in total. The van der Waals surface area contributed by atoms with E-state index in [0.717, 1.165) is 6.42 Å². The Hall–Kier alpha value is -1.86. The van der Waals surface area contributed by atoms with Crippen LogP contribution in [0.5, 0.6) is 0 Å². The second kappa shape index (κ2) is 5.85. The molecule has 0 aromatic heterocycles. The zero-order chi connectivity index (χ0) is 13.3. The third-order valence-electron chi connectivity index (χ3n) is 2.99. The molecule has 104 valence electrons. The first-order chi connectivity index (χ1) is 8.49. The van der Waals surface area contributed by atoms with Gasteiger partial charge in [-0.15, -0.1) is 12.4 Å². The van der Waals surface area contributed by atoms with E-state index in [-0.39, 0.29) is 41.3 Å². The van der Waals surface area contributed by atoms with Crippen LogP contribution in [0.15, 0.2) is 18.2 Å². The molecule has 1 heterocycles. The van der Waals surface area contributed by atoms with E-state index in [1.54, 1.807) is 4.90 Å². The Labute approximate surface area is 116 Å². The maximum Gasteiger partial charge on any atom is 0.270 e. The van der Waals surface area contributed by atoms with Gasteiger partial charge in [-0.1, -0.05) is 0 Å². The van der Waals surface area contributed by atoms with Crippen LogP contribution in [0.4, 0.5) is 11.4 Å². The van der Waals surface area contributed by atoms with Gasteiger partial charge in [0.05, 0.1) is 10.5 Å². The molecule has 7 nitrogen and oxygen atoms in total. The highest BCUT2D eigenvalue weighted by atomic mass is 35.5. The van der Waals surface area contributed by atoms with E-state index in [2.05, 4.69) is 0 Å². The number of rotatable bonds is 2. The SMILES string of the molecule is Cl.Nc1ccc([N+](=O)[O-])cc1C(=O)N1CC[C@@H](N)C1. The lowest BCUT2D eigenvalue weighted by Crippen LogP contribution is -2.32. The average molecular weight is 287 g/mol. The molecule has 0 saturated carbocycles. The fraction of sp³-hybridized carbons (Fsp3) is 0.364. The molecule has 8 heteroatoms. The third kappa shape index (κ3) is 3.12. The number of nitro groups is 1. The van der Waals surface area contributed by atoms with E-state index < -0.39 is 4.92 Å². The van der Waals surface area contributed by atoms with Crippen LogP contribution in [0.3, 0.4) is 0 Å². The minimum atomic E-state index is -0.550. The van der Waals surface area contributed by atoms with Crippen molar-refractivity contribution in [1.29, 1.82) is 0 Å². The lowest BCUT2D eigenvalue weighted by Gasteiger charge is -2.16. The lowest BCUT2D eigenvalue weighted by atomic mass is 10.1. The first-order valence-corrected chi connectivity index (χ1v) is 5.58. The molecule has 1 saturated heterocycles. The number of non-ortho nitro benzene ring substituents is 1. The van der Waals surface area contributed by atoms with Gasteiger partial charge in [-0.2, -0.15) is 0 Å². The van der Waals surface area contributed by atoms with Crippen molar-refractivity contribution >= 4 is 29.7 Å². The van der Waals surface area contributed by atoms with E-state index >= 15 is 0 Å². The second-order valence-electron chi connectivity index (χ2n) is 4.33. The van der Waals surface area contributed by atoms with E-state index in [9.17, 15) is 14.9 Å². The van der Waals surface area contributed by atoms with Crippen LogP contribution >= 0.6 is 12.4 Å². The molecule has 0 bridgehead atoms. The first kappa shape index (κ1) is 15.2. The topological polar surface area (TPSA) is 115 Å². The number of nitrogens with zero attached hydrogens (tertiary/aromatic N) is 2. The van der Waals surface area contributed by atoms with Crippen molar-refractivity contribution in [2.45, 2.75) is 12.5 Å². The van der Waals surface area contributed by atoms with E-state index in [1.807, 2.05) is 0 Å². The number of nitro benzene ring substituents is 1. The molecule has 0 unspecified atom stereocenters. The summed E-state index contributed by atoms with van der Waals surface area (Å²) in [4.78, 5) is 23.9. The van der Waals surface area contributed by atoms with E-state index in [0.29, 0.717) is 13.1 Å². The van der Waals surface area contributed by atoms with Gasteiger partial charge in [-0.25, -0.2) is 0 Å². The molecule has 0 spiro atoms. The summed E-state index contributed by atoms with van der Waals surface area (Å²) in [5.41, 5.74) is 11.7. The van der Waals surface area contributed by atoms with Crippen molar-refractivity contribution in [3.8, 4) is 0 Å². The number of carbonyl (C=O) groups excluding carboxylic acids is 1. The number of anilines is 1. The molecule has 0 aliphatic carbocycles. The van der Waals surface area contributed by atoms with E-state index in [4.69, 9.17) is 11.5 Å². The molecule has 1 amide bonds. The Bertz CT molecular complexity index is 509. The van der Waals surface area contributed by atoms with Crippen LogP contribution in [0.2, 0.25) is 0 Å². The highest BCUT2D eigenvalue weighted by Crippen LogP contribution is 2.22. The molecule has 1 aliphatic heterocycles. The normalized spacial score (nSPS) is 17.9. The Morgan fingerprint density at radius 3 is 2.68 bits per heavy atom. The lowest BCUT2D eigenvalue weighted by molar-refractivity contribution is -0.384. The van der Waals surface area contributed by atoms with Crippen molar-refractivity contribution in [2.75, 3.05) is 18.8 Å². The molecule has 1 aromatic carbocycles. The molecular weight excluding hydrogens is 272 g/mol. The van der Waals surface area contributed by atoms with Gasteiger partial charge in [0.15, 0.2) is 0 Å². The van der Waals surface area contributed by atoms with Crippen molar-refractivity contribution < 1.29 is 9.72 Å². The summed E-state index contributed by atoms with van der Waals surface area (Å²) in [5.74, 6) is -0.302. The minimum absolute atomic E-state index is 0. The van der Waals surface area contributed by atoms with Crippen molar-refractivity contribution in [2.24, 2.45) is 5.73 Å². The van der Waals surface area contributed by atoms with Gasteiger partial charge in [-0.05, 0) is 12.5 Å². The minimum Gasteiger partial charge on any atom is -0.398 e. The molecule has 1 aromatic rings. The fourth-order valence-electron chi connectivity index (χ4n) is 1.99. The summed E-state index contributed by atoms with van der Waals surface area (Å²) in [6, 6.07) is 3.83. The maximum atomic E-state index is 12.2. The number of hydrogen-bond acceptors (Lipinski definition) is 5. The quantitative estimate of drug-likeness (QED) is 0.473. The predicted octanol–water partition coefficient (Wildman–Crippen LogP) is 0.772. The summed E-state index contributed by atoms with van der Waals surface area (Å²) in [6.07, 6.45) is 0.737. The van der Waals surface area contributed by atoms with Crippen LogP contribution in [0.25, 0.3) is 0 Å². The standard InChI is InChI=1S/C11H14N4O3.ClH/c12-7-3-4-14(6-7)11(16)9-5-8(15(17)18)1-2-10(9)13;/h1-2,5,7H,3-4,6,12-13H2;1H/t7-;/m1./s1. The number of benzene rings is 1. The number of likely N-dealkylation sites (tertiary alicyclic amines) is 1. The monoisotopic (exact) mass is 286 g/mol. The van der Waals surface area contributed by atoms with Gasteiger partial charge in [0.2, 0.25) is 0 Å². The summed E-state index contributed by atoms with van der Waals surface area (Å²) in [6.45, 7) is 1.02. The summed E-state index contributed by atoms with van der Waals surface area (Å²) < 4.78 is 0. The Kier molecular flexibility index (Phi) is 4.68. The molecule has 19 heavy (non-hydrogen) atoms. The predicted molar refractivity (Wildman–Crippen MR) is 73.3 cm³/mol. The van der Waals surface area contributed by atoms with Gasteiger partial charge in [0.1, 0.15) is 0 Å². The van der Waals surface area contributed by atoms with Crippen LogP contribution < -0.4 is 11.5 Å². The maximum absolute atomic E-state index is 12.2. The molecule has 1 fully saturated rings. The summed E-state index contributed by atoms with van der Waals surface area (Å²) >= 11 is 0. The number of halogens is 1. The van der Waals surface area contributed by atoms with Crippen LogP contribution in [-0.4, -0.2) is 34.9 Å². The third-order valence-corrected chi connectivity index (χ3v) is 2.99. The highest BCUT2D eigenvalue weighted by molar-refractivity contribution is 6.00. The second-order valence-corrected chi connectivity index (χ2v) is 4.33. The van der Waals surface area contributed by atoms with Crippen molar-refractivity contribution in [3.63, 3.8) is 0 Å². The van der Waals surface area contributed by atoms with Crippen LogP contribution in [0, 0.1) is 10.1 Å². The molecular formula is C11H15ClN4O3. The molecule has 0 radical (unpaired) electrons. The number of hydrogen-bond donors (Lipinski definition) is 2. The fourth-order valence-corrected chi connectivity index (χ4v) is 1.99. The van der Waals surface area contributed by atoms with Gasteiger partial charge >= 0.3 is 0 Å². The van der Waals surface area contributed by atoms with Gasteiger partial charge < -0.3 is 16.4 Å². The molecule has 2 rings (SSSR count). The largest absolute Gasteiger partial charge is 0.398 e. The smallest absolute Gasteiger partial charge is 0.270 e. The number of amides is 1. The number of carbonyl (C=O) groups is 1. The Morgan fingerprint density at radius 2 is 2.16 bits per heavy atom. The van der Waals surface area contributed by atoms with Gasteiger partial charge in [0, 0.05) is 37.0 Å². The molecule has 1 atom stereocenters. The van der Waals surface area contributed by atoms with Crippen LogP contribution in [0.1, 0.15) is 16.8 Å². The van der Waals surface area contributed by atoms with Crippen molar-refractivity contribution in [3.05, 3.63) is 33.9 Å².